The summed E-state index contributed by atoms with van der Waals surface area (Å²) in [6.45, 7) is 7.24. The van der Waals surface area contributed by atoms with Crippen LogP contribution in [0.3, 0.4) is 0 Å². The molecule has 134 valence electrons. The molecule has 0 N–H and O–H groups in total. The Bertz CT molecular complexity index is 772. The lowest BCUT2D eigenvalue weighted by molar-refractivity contribution is -0.137. The number of rotatable bonds is 6. The normalized spacial score (nSPS) is 13.6. The molecule has 7 heteroatoms. The smallest absolute Gasteiger partial charge is 0.263 e. The van der Waals surface area contributed by atoms with Crippen molar-refractivity contribution in [2.75, 3.05) is 13.8 Å². The summed E-state index contributed by atoms with van der Waals surface area (Å²) in [5.74, 6) is 1.80. The van der Waals surface area contributed by atoms with Gasteiger partial charge in [-0.1, -0.05) is 0 Å². The largest absolute Gasteiger partial charge is 0.481 e. The zero-order valence-corrected chi connectivity index (χ0v) is 15.0. The molecule has 1 aromatic heterocycles. The number of likely N-dealkylation sites (N-methyl/N-ethyl adjacent to an activating group) is 1. The van der Waals surface area contributed by atoms with Gasteiger partial charge in [0.25, 0.3) is 5.91 Å². The van der Waals surface area contributed by atoms with Crippen LogP contribution < -0.4 is 14.2 Å². The van der Waals surface area contributed by atoms with Crippen molar-refractivity contribution in [1.29, 1.82) is 0 Å². The van der Waals surface area contributed by atoms with Gasteiger partial charge in [-0.2, -0.15) is 5.10 Å². The van der Waals surface area contributed by atoms with Crippen LogP contribution in [0.1, 0.15) is 25.1 Å². The maximum Gasteiger partial charge on any atom is 0.263 e. The molecular formula is C18H23N3O4. The van der Waals surface area contributed by atoms with Gasteiger partial charge < -0.3 is 19.1 Å². The van der Waals surface area contributed by atoms with E-state index in [0.717, 1.165) is 17.8 Å². The lowest BCUT2D eigenvalue weighted by atomic mass is 10.2. The first-order valence-electron chi connectivity index (χ1n) is 8.32. The van der Waals surface area contributed by atoms with Gasteiger partial charge in [0.15, 0.2) is 17.6 Å². The summed E-state index contributed by atoms with van der Waals surface area (Å²) in [6.07, 6.45) is 1.37. The number of hydrogen-bond donors (Lipinski definition) is 0. The highest BCUT2D eigenvalue weighted by atomic mass is 16.7. The fourth-order valence-electron chi connectivity index (χ4n) is 2.72. The Balaban J connectivity index is 1.62. The molecule has 2 heterocycles. The highest BCUT2D eigenvalue weighted by molar-refractivity contribution is 5.80. The Morgan fingerprint density at radius 3 is 2.88 bits per heavy atom. The standard InChI is InChI=1S/C18H23N3O4/c1-5-21-10-14(12(2)19-21)9-20(4)18(22)13(3)25-15-6-7-16-17(8-15)24-11-23-16/h6-8,10,13H,5,9,11H2,1-4H3/t13-/m0/s1. The molecule has 25 heavy (non-hydrogen) atoms. The third-order valence-corrected chi connectivity index (χ3v) is 4.16. The van der Waals surface area contributed by atoms with Gasteiger partial charge in [0.05, 0.1) is 5.69 Å². The Morgan fingerprint density at radius 1 is 1.40 bits per heavy atom. The van der Waals surface area contributed by atoms with Crippen molar-refractivity contribution in [3.8, 4) is 17.2 Å². The molecule has 7 nitrogen and oxygen atoms in total. The third kappa shape index (κ3) is 3.70. The molecule has 1 aromatic carbocycles. The number of carbonyl (C=O) groups excluding carboxylic acids is 1. The number of aryl methyl sites for hydroxylation is 2. The van der Waals surface area contributed by atoms with Crippen LogP contribution in [0.15, 0.2) is 24.4 Å². The molecule has 0 saturated carbocycles. The number of nitrogens with zero attached hydrogens (tertiary/aromatic N) is 3. The monoisotopic (exact) mass is 345 g/mol. The van der Waals surface area contributed by atoms with Crippen molar-refractivity contribution in [3.05, 3.63) is 35.7 Å². The number of ether oxygens (including phenoxy) is 3. The van der Waals surface area contributed by atoms with Gasteiger partial charge in [-0.3, -0.25) is 9.48 Å². The average Bonchev–Trinajstić information content (AvgIpc) is 3.20. The molecule has 0 spiro atoms. The Labute approximate surface area is 147 Å². The molecule has 0 radical (unpaired) electrons. The Kier molecular flexibility index (Phi) is 4.83. The van der Waals surface area contributed by atoms with E-state index in [0.29, 0.717) is 23.8 Å². The van der Waals surface area contributed by atoms with E-state index in [1.165, 1.54) is 0 Å². The molecule has 3 rings (SSSR count). The molecule has 0 unspecified atom stereocenters. The summed E-state index contributed by atoms with van der Waals surface area (Å²) in [5.41, 5.74) is 1.97. The molecule has 1 aliphatic heterocycles. The molecule has 0 fully saturated rings. The fourth-order valence-corrected chi connectivity index (χ4v) is 2.72. The predicted molar refractivity (Wildman–Crippen MR) is 91.8 cm³/mol. The van der Waals surface area contributed by atoms with E-state index in [2.05, 4.69) is 5.10 Å². The number of amides is 1. The van der Waals surface area contributed by atoms with E-state index >= 15 is 0 Å². The second-order valence-corrected chi connectivity index (χ2v) is 6.06. The van der Waals surface area contributed by atoms with Gasteiger partial charge >= 0.3 is 0 Å². The van der Waals surface area contributed by atoms with Gasteiger partial charge in [-0.25, -0.2) is 0 Å². The van der Waals surface area contributed by atoms with Crippen LogP contribution in [0.4, 0.5) is 0 Å². The van der Waals surface area contributed by atoms with Crippen molar-refractivity contribution < 1.29 is 19.0 Å². The van der Waals surface area contributed by atoms with E-state index in [1.54, 1.807) is 37.1 Å². The van der Waals surface area contributed by atoms with Gasteiger partial charge in [-0.15, -0.1) is 0 Å². The lowest BCUT2D eigenvalue weighted by Gasteiger charge is -2.22. The van der Waals surface area contributed by atoms with Crippen molar-refractivity contribution in [1.82, 2.24) is 14.7 Å². The average molecular weight is 345 g/mol. The zero-order valence-electron chi connectivity index (χ0n) is 15.0. The highest BCUT2D eigenvalue weighted by Crippen LogP contribution is 2.35. The number of hydrogen-bond acceptors (Lipinski definition) is 5. The molecule has 1 atom stereocenters. The molecule has 1 aliphatic rings. The third-order valence-electron chi connectivity index (χ3n) is 4.16. The molecule has 2 aromatic rings. The van der Waals surface area contributed by atoms with E-state index in [9.17, 15) is 4.79 Å². The van der Waals surface area contributed by atoms with Gasteiger partial charge in [-0.05, 0) is 32.9 Å². The van der Waals surface area contributed by atoms with Crippen LogP contribution in [0.25, 0.3) is 0 Å². The van der Waals surface area contributed by atoms with Gasteiger partial charge in [0.1, 0.15) is 5.75 Å². The molecular weight excluding hydrogens is 322 g/mol. The first-order valence-corrected chi connectivity index (χ1v) is 8.32. The molecule has 0 aliphatic carbocycles. The molecule has 0 saturated heterocycles. The first-order chi connectivity index (χ1) is 12.0. The van der Waals surface area contributed by atoms with Crippen molar-refractivity contribution in [2.45, 2.75) is 40.0 Å². The van der Waals surface area contributed by atoms with Crippen LogP contribution >= 0.6 is 0 Å². The Hall–Kier alpha value is -2.70. The van der Waals surface area contributed by atoms with Crippen molar-refractivity contribution in [3.63, 3.8) is 0 Å². The summed E-state index contributed by atoms with van der Waals surface area (Å²) < 4.78 is 18.2. The van der Waals surface area contributed by atoms with E-state index in [1.807, 2.05) is 24.7 Å². The van der Waals surface area contributed by atoms with E-state index < -0.39 is 6.10 Å². The van der Waals surface area contributed by atoms with Crippen LogP contribution in [0, 0.1) is 6.92 Å². The quantitative estimate of drug-likeness (QED) is 0.804. The van der Waals surface area contributed by atoms with Crippen LogP contribution in [-0.2, 0) is 17.9 Å². The second-order valence-electron chi connectivity index (χ2n) is 6.06. The van der Waals surface area contributed by atoms with Crippen molar-refractivity contribution >= 4 is 5.91 Å². The van der Waals surface area contributed by atoms with Crippen molar-refractivity contribution in [2.24, 2.45) is 0 Å². The Morgan fingerprint density at radius 2 is 2.16 bits per heavy atom. The number of carbonyl (C=O) groups is 1. The minimum absolute atomic E-state index is 0.0960. The SMILES string of the molecule is CCn1cc(CN(C)C(=O)[C@H](C)Oc2ccc3c(c2)OCO3)c(C)n1. The first kappa shape index (κ1) is 17.1. The van der Waals surface area contributed by atoms with Crippen LogP contribution in [0.2, 0.25) is 0 Å². The van der Waals surface area contributed by atoms with Crippen LogP contribution in [0.5, 0.6) is 17.2 Å². The van der Waals surface area contributed by atoms with Crippen LogP contribution in [-0.4, -0.2) is 40.5 Å². The lowest BCUT2D eigenvalue weighted by Crippen LogP contribution is -2.37. The highest BCUT2D eigenvalue weighted by Gasteiger charge is 2.22. The maximum absolute atomic E-state index is 12.6. The topological polar surface area (TPSA) is 65.8 Å². The zero-order chi connectivity index (χ0) is 18.0. The summed E-state index contributed by atoms with van der Waals surface area (Å²) in [4.78, 5) is 14.2. The van der Waals surface area contributed by atoms with Gasteiger partial charge in [0.2, 0.25) is 6.79 Å². The van der Waals surface area contributed by atoms with E-state index in [-0.39, 0.29) is 12.7 Å². The van der Waals surface area contributed by atoms with Gasteiger partial charge in [0, 0.05) is 38.0 Å². The number of benzene rings is 1. The predicted octanol–water partition coefficient (Wildman–Crippen LogP) is 2.37. The minimum atomic E-state index is -0.605. The minimum Gasteiger partial charge on any atom is -0.481 e. The summed E-state index contributed by atoms with van der Waals surface area (Å²) >= 11 is 0. The second kappa shape index (κ2) is 7.04. The summed E-state index contributed by atoms with van der Waals surface area (Å²) in [5, 5.41) is 4.41. The summed E-state index contributed by atoms with van der Waals surface area (Å²) in [7, 11) is 1.77. The summed E-state index contributed by atoms with van der Waals surface area (Å²) in [6, 6.07) is 5.29. The molecule has 1 amide bonds. The van der Waals surface area contributed by atoms with E-state index in [4.69, 9.17) is 14.2 Å². The number of fused-ring (bicyclic) bond motifs is 1. The fraction of sp³-hybridized carbons (Fsp3) is 0.444. The number of aromatic nitrogens is 2. The molecule has 0 bridgehead atoms. The maximum atomic E-state index is 12.6.